The van der Waals surface area contributed by atoms with Crippen molar-refractivity contribution in [1.29, 1.82) is 0 Å². The predicted octanol–water partition coefficient (Wildman–Crippen LogP) is 5.20. The molecule has 3 aromatic rings. The quantitative estimate of drug-likeness (QED) is 0.692. The molecule has 1 saturated carbocycles. The van der Waals surface area contributed by atoms with Crippen molar-refractivity contribution in [3.8, 4) is 22.4 Å². The fraction of sp³-hybridized carbons (Fsp3) is 0.190. The Bertz CT molecular complexity index is 939. The molecular formula is C21H18ClN3O. The number of rotatable bonds is 4. The number of benzene rings is 2. The second-order valence-electron chi connectivity index (χ2n) is 6.45. The molecule has 1 N–H and O–H groups in total. The normalized spacial score (nSPS) is 13.9. The second kappa shape index (κ2) is 7.26. The Kier molecular flexibility index (Phi) is 4.67. The standard InChI is InChI=1S/C21H18ClN3O/c22-17-11-5-10-16(12-17)18-13-23-21(25-20(26)15-8-4-9-15)24-19(18)14-6-2-1-3-7-14/h1-3,5-7,10-13,15H,4,8-9H2,(H,23,24,25,26). The summed E-state index contributed by atoms with van der Waals surface area (Å²) in [5.41, 5.74) is 3.55. The highest BCUT2D eigenvalue weighted by molar-refractivity contribution is 6.30. The van der Waals surface area contributed by atoms with Crippen molar-refractivity contribution in [3.05, 3.63) is 65.8 Å². The van der Waals surface area contributed by atoms with Crippen LogP contribution in [0, 0.1) is 5.92 Å². The van der Waals surface area contributed by atoms with Crippen LogP contribution in [-0.4, -0.2) is 15.9 Å². The lowest BCUT2D eigenvalue weighted by molar-refractivity contribution is -0.122. The molecule has 1 fully saturated rings. The van der Waals surface area contributed by atoms with Crippen LogP contribution < -0.4 is 5.32 Å². The van der Waals surface area contributed by atoms with Gasteiger partial charge in [-0.05, 0) is 30.5 Å². The summed E-state index contributed by atoms with van der Waals surface area (Å²) in [4.78, 5) is 21.2. The largest absolute Gasteiger partial charge is 0.294 e. The van der Waals surface area contributed by atoms with Crippen molar-refractivity contribution in [3.63, 3.8) is 0 Å². The highest BCUT2D eigenvalue weighted by Crippen LogP contribution is 2.32. The Balaban J connectivity index is 1.75. The van der Waals surface area contributed by atoms with E-state index < -0.39 is 0 Å². The number of anilines is 1. The Labute approximate surface area is 157 Å². The first kappa shape index (κ1) is 16.7. The van der Waals surface area contributed by atoms with E-state index in [4.69, 9.17) is 11.6 Å². The van der Waals surface area contributed by atoms with Gasteiger partial charge in [-0.3, -0.25) is 10.1 Å². The Hall–Kier alpha value is -2.72. The molecule has 0 atom stereocenters. The van der Waals surface area contributed by atoms with Gasteiger partial charge < -0.3 is 0 Å². The number of nitrogens with one attached hydrogen (secondary N) is 1. The lowest BCUT2D eigenvalue weighted by Crippen LogP contribution is -2.28. The van der Waals surface area contributed by atoms with Gasteiger partial charge in [0.2, 0.25) is 11.9 Å². The van der Waals surface area contributed by atoms with E-state index in [2.05, 4.69) is 15.3 Å². The third kappa shape index (κ3) is 3.46. The molecule has 0 saturated heterocycles. The van der Waals surface area contributed by atoms with E-state index in [-0.39, 0.29) is 11.8 Å². The first-order valence-electron chi connectivity index (χ1n) is 8.70. The zero-order valence-electron chi connectivity index (χ0n) is 14.2. The van der Waals surface area contributed by atoms with E-state index in [1.807, 2.05) is 54.6 Å². The van der Waals surface area contributed by atoms with Crippen molar-refractivity contribution in [2.75, 3.05) is 5.32 Å². The summed E-state index contributed by atoms with van der Waals surface area (Å²) in [5.74, 6) is 0.434. The molecule has 1 amide bonds. The molecule has 5 heteroatoms. The zero-order chi connectivity index (χ0) is 17.9. The van der Waals surface area contributed by atoms with Gasteiger partial charge in [-0.2, -0.15) is 0 Å². The van der Waals surface area contributed by atoms with E-state index in [1.165, 1.54) is 0 Å². The first-order valence-corrected chi connectivity index (χ1v) is 9.08. The van der Waals surface area contributed by atoms with Crippen LogP contribution in [0.25, 0.3) is 22.4 Å². The van der Waals surface area contributed by atoms with Crippen molar-refractivity contribution >= 4 is 23.5 Å². The molecule has 26 heavy (non-hydrogen) atoms. The van der Waals surface area contributed by atoms with E-state index >= 15 is 0 Å². The molecular weight excluding hydrogens is 346 g/mol. The van der Waals surface area contributed by atoms with Crippen LogP contribution in [0.15, 0.2) is 60.8 Å². The minimum atomic E-state index is 0.00534. The van der Waals surface area contributed by atoms with Gasteiger partial charge in [0.15, 0.2) is 0 Å². The van der Waals surface area contributed by atoms with Gasteiger partial charge in [0.1, 0.15) is 0 Å². The van der Waals surface area contributed by atoms with E-state index in [1.54, 1.807) is 6.20 Å². The smallest absolute Gasteiger partial charge is 0.229 e. The van der Waals surface area contributed by atoms with Gasteiger partial charge in [0.05, 0.1) is 5.69 Å². The van der Waals surface area contributed by atoms with Crippen LogP contribution in [0.1, 0.15) is 19.3 Å². The highest BCUT2D eigenvalue weighted by Gasteiger charge is 2.26. The van der Waals surface area contributed by atoms with Gasteiger partial charge in [-0.1, -0.05) is 60.5 Å². The van der Waals surface area contributed by atoms with E-state index in [9.17, 15) is 4.79 Å². The minimum Gasteiger partial charge on any atom is -0.294 e. The van der Waals surface area contributed by atoms with Crippen LogP contribution in [0.4, 0.5) is 5.95 Å². The monoisotopic (exact) mass is 363 g/mol. The van der Waals surface area contributed by atoms with E-state index in [0.717, 1.165) is 41.6 Å². The molecule has 0 bridgehead atoms. The molecule has 0 aliphatic heterocycles. The summed E-state index contributed by atoms with van der Waals surface area (Å²) >= 11 is 6.15. The van der Waals surface area contributed by atoms with Crippen LogP contribution >= 0.6 is 11.6 Å². The fourth-order valence-corrected chi connectivity index (χ4v) is 3.20. The van der Waals surface area contributed by atoms with Crippen LogP contribution in [0.3, 0.4) is 0 Å². The number of hydrogen-bond acceptors (Lipinski definition) is 3. The molecule has 1 aromatic heterocycles. The molecule has 0 spiro atoms. The average molecular weight is 364 g/mol. The maximum Gasteiger partial charge on any atom is 0.229 e. The van der Waals surface area contributed by atoms with Crippen molar-refractivity contribution < 1.29 is 4.79 Å². The van der Waals surface area contributed by atoms with Crippen LogP contribution in [0.5, 0.6) is 0 Å². The minimum absolute atomic E-state index is 0.00534. The fourth-order valence-electron chi connectivity index (χ4n) is 3.01. The number of halogens is 1. The predicted molar refractivity (Wildman–Crippen MR) is 104 cm³/mol. The molecule has 0 unspecified atom stereocenters. The molecule has 130 valence electrons. The summed E-state index contributed by atoms with van der Waals surface area (Å²) < 4.78 is 0. The number of aromatic nitrogens is 2. The maximum absolute atomic E-state index is 12.2. The third-order valence-electron chi connectivity index (χ3n) is 4.68. The van der Waals surface area contributed by atoms with Crippen LogP contribution in [0.2, 0.25) is 5.02 Å². The summed E-state index contributed by atoms with van der Waals surface area (Å²) in [6.45, 7) is 0. The maximum atomic E-state index is 12.2. The summed E-state index contributed by atoms with van der Waals surface area (Å²) in [5, 5.41) is 3.51. The SMILES string of the molecule is O=C(Nc1ncc(-c2cccc(Cl)c2)c(-c2ccccc2)n1)C1CCC1. The van der Waals surface area contributed by atoms with Gasteiger partial charge in [0.25, 0.3) is 0 Å². The second-order valence-corrected chi connectivity index (χ2v) is 6.89. The lowest BCUT2D eigenvalue weighted by atomic mass is 9.85. The van der Waals surface area contributed by atoms with Gasteiger partial charge in [-0.25, -0.2) is 9.97 Å². The summed E-state index contributed by atoms with van der Waals surface area (Å²) in [6, 6.07) is 17.5. The number of nitrogens with zero attached hydrogens (tertiary/aromatic N) is 2. The molecule has 1 heterocycles. The molecule has 2 aromatic carbocycles. The van der Waals surface area contributed by atoms with Gasteiger partial charge in [-0.15, -0.1) is 0 Å². The number of carbonyl (C=O) groups is 1. The summed E-state index contributed by atoms with van der Waals surface area (Å²) in [7, 11) is 0. The molecule has 4 rings (SSSR count). The lowest BCUT2D eigenvalue weighted by Gasteiger charge is -2.23. The van der Waals surface area contributed by atoms with Crippen molar-refractivity contribution in [2.24, 2.45) is 5.92 Å². The Morgan fingerprint density at radius 2 is 1.81 bits per heavy atom. The van der Waals surface area contributed by atoms with Gasteiger partial charge >= 0.3 is 0 Å². The Morgan fingerprint density at radius 3 is 2.50 bits per heavy atom. The number of hydrogen-bond donors (Lipinski definition) is 1. The van der Waals surface area contributed by atoms with Crippen LogP contribution in [-0.2, 0) is 4.79 Å². The average Bonchev–Trinajstić information content (AvgIpc) is 2.61. The molecule has 0 radical (unpaired) electrons. The zero-order valence-corrected chi connectivity index (χ0v) is 14.9. The van der Waals surface area contributed by atoms with Crippen molar-refractivity contribution in [1.82, 2.24) is 9.97 Å². The molecule has 4 nitrogen and oxygen atoms in total. The van der Waals surface area contributed by atoms with E-state index in [0.29, 0.717) is 11.0 Å². The summed E-state index contributed by atoms with van der Waals surface area (Å²) in [6.07, 6.45) is 4.75. The molecule has 1 aliphatic rings. The third-order valence-corrected chi connectivity index (χ3v) is 4.92. The molecule has 1 aliphatic carbocycles. The highest BCUT2D eigenvalue weighted by atomic mass is 35.5. The Morgan fingerprint density at radius 1 is 1.04 bits per heavy atom. The number of amides is 1. The number of carbonyl (C=O) groups excluding carboxylic acids is 1. The van der Waals surface area contributed by atoms with Crippen molar-refractivity contribution in [2.45, 2.75) is 19.3 Å². The topological polar surface area (TPSA) is 54.9 Å². The van der Waals surface area contributed by atoms with Gasteiger partial charge in [0, 0.05) is 28.3 Å². The first-order chi connectivity index (χ1) is 12.7.